The molecule has 0 bridgehead atoms. The number of aliphatic carboxylic acids is 1. The summed E-state index contributed by atoms with van der Waals surface area (Å²) < 4.78 is 22.2. The summed E-state index contributed by atoms with van der Waals surface area (Å²) in [5.74, 6) is -1.00. The van der Waals surface area contributed by atoms with Gasteiger partial charge < -0.3 is 14.2 Å². The van der Waals surface area contributed by atoms with Gasteiger partial charge in [-0.3, -0.25) is 14.7 Å². The molecular formula is C9H18NO5PS. The van der Waals surface area contributed by atoms with E-state index >= 15 is 0 Å². The lowest BCUT2D eigenvalue weighted by Gasteiger charge is -2.18. The Morgan fingerprint density at radius 1 is 1.41 bits per heavy atom. The Bertz CT molecular complexity index is 313. The van der Waals surface area contributed by atoms with Gasteiger partial charge in [0, 0.05) is 6.54 Å². The molecule has 2 N–H and O–H groups in total. The summed E-state index contributed by atoms with van der Waals surface area (Å²) in [6.45, 7) is 5.26. The molecule has 0 aromatic heterocycles. The Kier molecular flexibility index (Phi) is 7.74. The number of thiocarbonyl (C=S) groups is 1. The van der Waals surface area contributed by atoms with E-state index in [9.17, 15) is 9.36 Å². The second kappa shape index (κ2) is 7.89. The van der Waals surface area contributed by atoms with Crippen molar-refractivity contribution < 1.29 is 23.5 Å². The Morgan fingerprint density at radius 2 is 1.88 bits per heavy atom. The van der Waals surface area contributed by atoms with Gasteiger partial charge in [0.15, 0.2) is 0 Å². The van der Waals surface area contributed by atoms with Gasteiger partial charge in [-0.2, -0.15) is 0 Å². The van der Waals surface area contributed by atoms with Crippen LogP contribution in [-0.2, 0) is 18.4 Å². The summed E-state index contributed by atoms with van der Waals surface area (Å²) in [6.07, 6.45) is 0. The lowest BCUT2D eigenvalue weighted by molar-refractivity contribution is -0.138. The number of rotatable bonds is 9. The van der Waals surface area contributed by atoms with Crippen LogP contribution in [-0.4, -0.2) is 41.5 Å². The van der Waals surface area contributed by atoms with Crippen LogP contribution in [0.3, 0.4) is 0 Å². The summed E-state index contributed by atoms with van der Waals surface area (Å²) >= 11 is 4.96. The molecule has 0 aliphatic carbocycles. The molecule has 17 heavy (non-hydrogen) atoms. The third-order valence-corrected chi connectivity index (χ3v) is 4.61. The maximum absolute atomic E-state index is 12.1. The molecule has 0 aromatic rings. The van der Waals surface area contributed by atoms with Gasteiger partial charge in [0.25, 0.3) is 0 Å². The molecule has 0 fully saturated rings. The van der Waals surface area contributed by atoms with Gasteiger partial charge in [-0.15, -0.1) is 0 Å². The number of carboxylic acid groups (broad SMARTS) is 1. The van der Waals surface area contributed by atoms with E-state index in [1.807, 2.05) is 0 Å². The fourth-order valence-electron chi connectivity index (χ4n) is 0.946. The predicted molar refractivity (Wildman–Crippen MR) is 68.6 cm³/mol. The fraction of sp³-hybridized carbons (Fsp3) is 0.778. The molecule has 6 nitrogen and oxygen atoms in total. The minimum absolute atomic E-state index is 0.0000772. The highest BCUT2D eigenvalue weighted by atomic mass is 32.1. The van der Waals surface area contributed by atoms with E-state index in [1.165, 1.54) is 6.92 Å². The van der Waals surface area contributed by atoms with E-state index in [-0.39, 0.29) is 24.4 Å². The van der Waals surface area contributed by atoms with Gasteiger partial charge in [-0.1, -0.05) is 12.2 Å². The van der Waals surface area contributed by atoms with Crippen LogP contribution in [0, 0.1) is 0 Å². The van der Waals surface area contributed by atoms with Gasteiger partial charge in [-0.25, -0.2) is 0 Å². The molecule has 100 valence electrons. The van der Waals surface area contributed by atoms with E-state index in [0.717, 1.165) is 0 Å². The van der Waals surface area contributed by atoms with Crippen molar-refractivity contribution in [3.63, 3.8) is 0 Å². The van der Waals surface area contributed by atoms with Crippen LogP contribution >= 0.6 is 19.8 Å². The molecule has 0 spiro atoms. The lowest BCUT2D eigenvalue weighted by Crippen LogP contribution is -2.37. The Hall–Kier alpha value is -0.330. The zero-order chi connectivity index (χ0) is 13.5. The molecule has 0 aromatic carbocycles. The van der Waals surface area contributed by atoms with Crippen molar-refractivity contribution in [1.82, 2.24) is 5.32 Å². The van der Waals surface area contributed by atoms with E-state index < -0.39 is 19.6 Å². The summed E-state index contributed by atoms with van der Waals surface area (Å²) in [6, 6.07) is -0.773. The number of nitrogens with one attached hydrogen (secondary N) is 1. The van der Waals surface area contributed by atoms with Crippen molar-refractivity contribution in [3.8, 4) is 0 Å². The number of carbonyl (C=O) groups is 1. The van der Waals surface area contributed by atoms with Gasteiger partial charge in [0.05, 0.1) is 13.2 Å². The zero-order valence-electron chi connectivity index (χ0n) is 10.1. The van der Waals surface area contributed by atoms with E-state index in [4.69, 9.17) is 26.4 Å². The molecule has 0 saturated carbocycles. The van der Waals surface area contributed by atoms with Gasteiger partial charge in [0.2, 0.25) is 0 Å². The fourth-order valence-corrected chi connectivity index (χ4v) is 2.67. The predicted octanol–water partition coefficient (Wildman–Crippen LogP) is 1.64. The van der Waals surface area contributed by atoms with Crippen molar-refractivity contribution in [3.05, 3.63) is 0 Å². The van der Waals surface area contributed by atoms with E-state index in [1.54, 1.807) is 13.8 Å². The molecule has 0 radical (unpaired) electrons. The third kappa shape index (κ3) is 5.70. The minimum Gasteiger partial charge on any atom is -0.480 e. The van der Waals surface area contributed by atoms with Crippen LogP contribution in [0.15, 0.2) is 0 Å². The first-order valence-electron chi connectivity index (χ1n) is 5.26. The summed E-state index contributed by atoms with van der Waals surface area (Å²) in [5, 5.41) is 11.3. The highest BCUT2D eigenvalue weighted by molar-refractivity contribution is 7.97. The highest BCUT2D eigenvalue weighted by Gasteiger charge is 2.30. The molecular weight excluding hydrogens is 265 g/mol. The van der Waals surface area contributed by atoms with Crippen LogP contribution in [0.2, 0.25) is 0 Å². The van der Waals surface area contributed by atoms with Crippen LogP contribution in [0.5, 0.6) is 0 Å². The van der Waals surface area contributed by atoms with Crippen LogP contribution in [0.25, 0.3) is 0 Å². The molecule has 0 amide bonds. The summed E-state index contributed by atoms with van der Waals surface area (Å²) in [7, 11) is -3.42. The highest BCUT2D eigenvalue weighted by Crippen LogP contribution is 2.49. The summed E-state index contributed by atoms with van der Waals surface area (Å²) in [4.78, 5) is 10.6. The van der Waals surface area contributed by atoms with E-state index in [2.05, 4.69) is 5.32 Å². The first kappa shape index (κ1) is 16.7. The molecule has 0 heterocycles. The Labute approximate surface area is 106 Å². The molecule has 0 aliphatic heterocycles. The number of carboxylic acids is 1. The average molecular weight is 283 g/mol. The molecule has 0 saturated heterocycles. The average Bonchev–Trinajstić information content (AvgIpc) is 2.25. The molecule has 0 aliphatic rings. The monoisotopic (exact) mass is 283 g/mol. The van der Waals surface area contributed by atoms with Crippen molar-refractivity contribution in [2.45, 2.75) is 26.8 Å². The van der Waals surface area contributed by atoms with Gasteiger partial charge in [0.1, 0.15) is 10.6 Å². The zero-order valence-corrected chi connectivity index (χ0v) is 11.8. The van der Waals surface area contributed by atoms with E-state index in [0.29, 0.717) is 0 Å². The first-order valence-corrected chi connectivity index (χ1v) is 7.21. The number of hydrogen-bond acceptors (Lipinski definition) is 6. The first-order chi connectivity index (χ1) is 7.87. The molecule has 1 atom stereocenters. The van der Waals surface area contributed by atoms with Gasteiger partial charge in [-0.05, 0) is 20.8 Å². The third-order valence-electron chi connectivity index (χ3n) is 1.83. The van der Waals surface area contributed by atoms with Crippen molar-refractivity contribution in [2.24, 2.45) is 0 Å². The molecule has 0 rings (SSSR count). The lowest BCUT2D eigenvalue weighted by atomic mass is 10.3. The van der Waals surface area contributed by atoms with Crippen LogP contribution < -0.4 is 5.32 Å². The normalized spacial score (nSPS) is 13.4. The summed E-state index contributed by atoms with van der Waals surface area (Å²) in [5.41, 5.74) is 0. The van der Waals surface area contributed by atoms with Crippen LogP contribution in [0.4, 0.5) is 0 Å². The van der Waals surface area contributed by atoms with Crippen molar-refractivity contribution >= 4 is 30.4 Å². The van der Waals surface area contributed by atoms with Gasteiger partial charge >= 0.3 is 13.6 Å². The maximum atomic E-state index is 12.1. The standard InChI is InChI=1S/C9H18NO5PS/c1-4-14-16(13,15-5-2)8(17)6-10-7(3)9(11)12/h7,10H,4-6H2,1-3H3,(H,11,12)/t7-/m0/s1. The van der Waals surface area contributed by atoms with Crippen molar-refractivity contribution in [1.29, 1.82) is 0 Å². The van der Waals surface area contributed by atoms with Crippen molar-refractivity contribution in [2.75, 3.05) is 19.8 Å². The molecule has 8 heteroatoms. The second-order valence-electron chi connectivity index (χ2n) is 3.17. The second-order valence-corrected chi connectivity index (χ2v) is 6.01. The number of hydrogen-bond donors (Lipinski definition) is 2. The Morgan fingerprint density at radius 3 is 2.24 bits per heavy atom. The van der Waals surface area contributed by atoms with Crippen LogP contribution in [0.1, 0.15) is 20.8 Å². The maximum Gasteiger partial charge on any atom is 0.369 e. The largest absolute Gasteiger partial charge is 0.480 e. The quantitative estimate of drug-likeness (QED) is 0.491. The topological polar surface area (TPSA) is 84.9 Å². The minimum atomic E-state index is -3.42. The smallest absolute Gasteiger partial charge is 0.369 e. The SMILES string of the molecule is CCOP(=O)(OCC)C(=S)CN[C@@H](C)C(=O)O. The molecule has 0 unspecified atom stereocenters. The Balaban J connectivity index is 4.44.